The lowest BCUT2D eigenvalue weighted by Gasteiger charge is -2.39. The van der Waals surface area contributed by atoms with Gasteiger partial charge in [0, 0.05) is 19.1 Å². The van der Waals surface area contributed by atoms with Crippen LogP contribution in [0, 0.1) is 0 Å². The van der Waals surface area contributed by atoms with E-state index in [1.807, 2.05) is 16.7 Å². The van der Waals surface area contributed by atoms with Crippen molar-refractivity contribution in [2.75, 3.05) is 31.5 Å². The van der Waals surface area contributed by atoms with E-state index in [-0.39, 0.29) is 29.9 Å². The van der Waals surface area contributed by atoms with E-state index < -0.39 is 18.6 Å². The summed E-state index contributed by atoms with van der Waals surface area (Å²) in [4.78, 5) is 27.5. The maximum absolute atomic E-state index is 12.6. The van der Waals surface area contributed by atoms with Gasteiger partial charge in [-0.05, 0) is 38.4 Å². The van der Waals surface area contributed by atoms with Crippen LogP contribution in [0.1, 0.15) is 26.7 Å². The fraction of sp³-hybridized carbons (Fsp3) is 0.579. The average Bonchev–Trinajstić information content (AvgIpc) is 2.66. The van der Waals surface area contributed by atoms with Crippen LogP contribution < -0.4 is 10.1 Å². The van der Waals surface area contributed by atoms with Gasteiger partial charge in [-0.25, -0.2) is 0 Å². The molecule has 1 aromatic rings. The van der Waals surface area contributed by atoms with Gasteiger partial charge in [-0.2, -0.15) is 8.78 Å². The number of benzene rings is 1. The molecule has 0 spiro atoms. The number of nitrogens with zero attached hydrogens (tertiary/aromatic N) is 2. The highest BCUT2D eigenvalue weighted by Crippen LogP contribution is 2.26. The zero-order valence-electron chi connectivity index (χ0n) is 16.1. The third-order valence-corrected chi connectivity index (χ3v) is 5.05. The number of ether oxygens (including phenoxy) is 1. The predicted octanol–water partition coefficient (Wildman–Crippen LogP) is 2.49. The second-order valence-electron chi connectivity index (χ2n) is 6.76. The average molecular weight is 399 g/mol. The number of carbonyl (C=O) groups is 2. The van der Waals surface area contributed by atoms with Crippen LogP contribution in [0.2, 0.25) is 0 Å². The largest absolute Gasteiger partial charge is 0.480 e. The van der Waals surface area contributed by atoms with Gasteiger partial charge in [-0.3, -0.25) is 19.4 Å². The highest BCUT2D eigenvalue weighted by Gasteiger charge is 2.30. The van der Waals surface area contributed by atoms with Crippen molar-refractivity contribution in [1.29, 1.82) is 0 Å². The van der Waals surface area contributed by atoms with Crippen LogP contribution in [0.3, 0.4) is 0 Å². The first kappa shape index (κ1) is 22.0. The van der Waals surface area contributed by atoms with Crippen molar-refractivity contribution in [1.82, 2.24) is 9.80 Å². The van der Waals surface area contributed by atoms with Gasteiger partial charge >= 0.3 is 12.6 Å². The van der Waals surface area contributed by atoms with Crippen LogP contribution >= 0.6 is 0 Å². The number of carboxylic acid groups (broad SMARTS) is 1. The van der Waals surface area contributed by atoms with Gasteiger partial charge in [-0.15, -0.1) is 0 Å². The van der Waals surface area contributed by atoms with Crippen molar-refractivity contribution >= 4 is 17.6 Å². The molecule has 1 heterocycles. The molecular weight excluding hydrogens is 372 g/mol. The number of aliphatic carboxylic acids is 1. The number of anilines is 1. The fourth-order valence-corrected chi connectivity index (χ4v) is 3.48. The minimum absolute atomic E-state index is 0.0120. The molecule has 28 heavy (non-hydrogen) atoms. The Morgan fingerprint density at radius 1 is 1.32 bits per heavy atom. The van der Waals surface area contributed by atoms with Crippen molar-refractivity contribution in [2.24, 2.45) is 0 Å². The molecule has 0 bridgehead atoms. The second-order valence-corrected chi connectivity index (χ2v) is 6.76. The van der Waals surface area contributed by atoms with Crippen LogP contribution in [-0.2, 0) is 9.59 Å². The summed E-state index contributed by atoms with van der Waals surface area (Å²) < 4.78 is 29.5. The number of nitrogens with one attached hydrogen (secondary N) is 1. The number of hydrogen-bond acceptors (Lipinski definition) is 5. The standard InChI is InChI=1S/C19H27F2N3O4/c1-3-23(12-17(25)26)14-8-10-24(11-9-14)13(2)18(27)22-15-6-4-5-7-16(15)28-19(20)21/h4-7,13-14,19H,3,8-12H2,1-2H3,(H,22,27)(H,25,26). The number of likely N-dealkylation sites (N-methyl/N-ethyl adjacent to an activating group) is 1. The second kappa shape index (κ2) is 10.3. The highest BCUT2D eigenvalue weighted by atomic mass is 19.3. The number of likely N-dealkylation sites (tertiary alicyclic amines) is 1. The number of amides is 1. The number of alkyl halides is 2. The lowest BCUT2D eigenvalue weighted by molar-refractivity contribution is -0.139. The highest BCUT2D eigenvalue weighted by molar-refractivity contribution is 5.95. The SMILES string of the molecule is CCN(CC(=O)O)C1CCN(C(C)C(=O)Nc2ccccc2OC(F)F)CC1. The molecule has 156 valence electrons. The van der Waals surface area contributed by atoms with Crippen LogP contribution in [0.5, 0.6) is 5.75 Å². The third kappa shape index (κ3) is 6.13. The molecule has 0 radical (unpaired) electrons. The van der Waals surface area contributed by atoms with Gasteiger partial charge in [0.05, 0.1) is 18.3 Å². The molecule has 9 heteroatoms. The summed E-state index contributed by atoms with van der Waals surface area (Å²) in [6.07, 6.45) is 1.54. The molecule has 1 saturated heterocycles. The number of rotatable bonds is 9. The van der Waals surface area contributed by atoms with Crippen LogP contribution in [-0.4, -0.2) is 71.7 Å². The number of carbonyl (C=O) groups excluding carboxylic acids is 1. The fourth-order valence-electron chi connectivity index (χ4n) is 3.48. The molecule has 7 nitrogen and oxygen atoms in total. The zero-order valence-corrected chi connectivity index (χ0v) is 16.1. The first-order chi connectivity index (χ1) is 13.3. The Morgan fingerprint density at radius 3 is 2.54 bits per heavy atom. The summed E-state index contributed by atoms with van der Waals surface area (Å²) in [6, 6.07) is 5.80. The van der Waals surface area contributed by atoms with E-state index in [1.54, 1.807) is 19.1 Å². The van der Waals surface area contributed by atoms with E-state index in [9.17, 15) is 18.4 Å². The van der Waals surface area contributed by atoms with Gasteiger partial charge in [0.1, 0.15) is 5.75 Å². The van der Waals surface area contributed by atoms with Gasteiger partial charge in [0.25, 0.3) is 0 Å². The Labute approximate surface area is 163 Å². The molecule has 1 unspecified atom stereocenters. The Morgan fingerprint density at radius 2 is 1.96 bits per heavy atom. The minimum atomic E-state index is -2.97. The van der Waals surface area contributed by atoms with Crippen molar-refractivity contribution in [3.8, 4) is 5.75 Å². The van der Waals surface area contributed by atoms with E-state index in [0.29, 0.717) is 19.6 Å². The summed E-state index contributed by atoms with van der Waals surface area (Å²) in [5, 5.41) is 11.7. The Hall–Kier alpha value is -2.26. The molecule has 1 amide bonds. The lowest BCUT2D eigenvalue weighted by Crippen LogP contribution is -2.51. The van der Waals surface area contributed by atoms with Gasteiger partial charge in [0.2, 0.25) is 5.91 Å². The number of piperidine rings is 1. The zero-order chi connectivity index (χ0) is 20.7. The number of hydrogen-bond donors (Lipinski definition) is 2. The molecule has 0 saturated carbocycles. The van der Waals surface area contributed by atoms with Crippen molar-refractivity contribution in [2.45, 2.75) is 45.4 Å². The van der Waals surface area contributed by atoms with Gasteiger partial charge in [-0.1, -0.05) is 19.1 Å². The van der Waals surface area contributed by atoms with Crippen molar-refractivity contribution < 1.29 is 28.2 Å². The first-order valence-electron chi connectivity index (χ1n) is 9.36. The van der Waals surface area contributed by atoms with Crippen LogP contribution in [0.25, 0.3) is 0 Å². The molecule has 2 rings (SSSR count). The molecule has 0 aromatic heterocycles. The summed E-state index contributed by atoms with van der Waals surface area (Å²) >= 11 is 0. The van der Waals surface area contributed by atoms with Crippen LogP contribution in [0.4, 0.5) is 14.5 Å². The third-order valence-electron chi connectivity index (χ3n) is 5.05. The Bertz CT molecular complexity index is 666. The Kier molecular flexibility index (Phi) is 8.13. The first-order valence-corrected chi connectivity index (χ1v) is 9.36. The van der Waals surface area contributed by atoms with Gasteiger partial charge < -0.3 is 15.2 Å². The van der Waals surface area contributed by atoms with E-state index in [0.717, 1.165) is 12.8 Å². The summed E-state index contributed by atoms with van der Waals surface area (Å²) in [5.74, 6) is -1.23. The van der Waals surface area contributed by atoms with Crippen molar-refractivity contribution in [3.63, 3.8) is 0 Å². The molecular formula is C19H27F2N3O4. The van der Waals surface area contributed by atoms with E-state index in [2.05, 4.69) is 10.1 Å². The maximum atomic E-state index is 12.6. The number of para-hydroxylation sites is 2. The monoisotopic (exact) mass is 399 g/mol. The van der Waals surface area contributed by atoms with E-state index >= 15 is 0 Å². The number of carboxylic acids is 1. The lowest BCUT2D eigenvalue weighted by atomic mass is 10.0. The number of halogens is 2. The predicted molar refractivity (Wildman–Crippen MR) is 101 cm³/mol. The smallest absolute Gasteiger partial charge is 0.387 e. The topological polar surface area (TPSA) is 82.1 Å². The van der Waals surface area contributed by atoms with Gasteiger partial charge in [0.15, 0.2) is 0 Å². The van der Waals surface area contributed by atoms with E-state index in [4.69, 9.17) is 5.11 Å². The Balaban J connectivity index is 1.92. The summed E-state index contributed by atoms with van der Waals surface area (Å²) in [5.41, 5.74) is 0.202. The molecule has 1 fully saturated rings. The molecule has 0 aliphatic carbocycles. The van der Waals surface area contributed by atoms with Crippen LogP contribution in [0.15, 0.2) is 24.3 Å². The molecule has 1 atom stereocenters. The molecule has 1 aromatic carbocycles. The minimum Gasteiger partial charge on any atom is -0.480 e. The summed E-state index contributed by atoms with van der Waals surface area (Å²) in [7, 11) is 0. The molecule has 2 N–H and O–H groups in total. The quantitative estimate of drug-likeness (QED) is 0.664. The molecule has 1 aliphatic heterocycles. The normalized spacial score (nSPS) is 16.9. The molecule has 1 aliphatic rings. The van der Waals surface area contributed by atoms with Crippen molar-refractivity contribution in [3.05, 3.63) is 24.3 Å². The maximum Gasteiger partial charge on any atom is 0.387 e. The van der Waals surface area contributed by atoms with E-state index in [1.165, 1.54) is 12.1 Å². The summed E-state index contributed by atoms with van der Waals surface area (Å²) in [6.45, 7) is 2.72.